The summed E-state index contributed by atoms with van der Waals surface area (Å²) in [6.07, 6.45) is 4.80. The molecule has 180 valence electrons. The monoisotopic (exact) mass is 483 g/mol. The largest absolute Gasteiger partial charge is 0.480 e. The molecule has 2 aromatic heterocycles. The smallest absolute Gasteiger partial charge is 0.267 e. The quantitative estimate of drug-likeness (QED) is 0.523. The topological polar surface area (TPSA) is 96.9 Å². The lowest BCUT2D eigenvalue weighted by Crippen LogP contribution is -2.36. The lowest BCUT2D eigenvalue weighted by molar-refractivity contribution is 0.122. The van der Waals surface area contributed by atoms with Gasteiger partial charge in [-0.1, -0.05) is 24.3 Å². The summed E-state index contributed by atoms with van der Waals surface area (Å²) < 4.78 is 39.9. The highest BCUT2D eigenvalue weighted by atomic mass is 32.2. The summed E-state index contributed by atoms with van der Waals surface area (Å²) >= 11 is 0. The molecule has 1 aliphatic rings. The average molecular weight is 484 g/mol. The maximum atomic E-state index is 13.3. The highest BCUT2D eigenvalue weighted by Crippen LogP contribution is 2.29. The maximum Gasteiger partial charge on any atom is 0.267 e. The number of nitrogens with zero attached hydrogens (tertiary/aromatic N) is 4. The van der Waals surface area contributed by atoms with Crippen molar-refractivity contribution >= 4 is 21.4 Å². The molecule has 1 aromatic carbocycles. The minimum Gasteiger partial charge on any atom is -0.480 e. The summed E-state index contributed by atoms with van der Waals surface area (Å²) in [5.74, 6) is 0.0325. The van der Waals surface area contributed by atoms with E-state index in [-0.39, 0.29) is 10.8 Å². The molecule has 0 amide bonds. The number of benzene rings is 1. The fourth-order valence-corrected chi connectivity index (χ4v) is 4.97. The number of morpholine rings is 1. The van der Waals surface area contributed by atoms with E-state index < -0.39 is 10.0 Å². The number of ether oxygens (including phenoxy) is 2. The number of anilines is 2. The van der Waals surface area contributed by atoms with E-state index >= 15 is 0 Å². The Balaban J connectivity index is 1.59. The Morgan fingerprint density at radius 2 is 1.79 bits per heavy atom. The second-order valence-electron chi connectivity index (χ2n) is 8.30. The van der Waals surface area contributed by atoms with E-state index in [4.69, 9.17) is 9.47 Å². The second-order valence-corrected chi connectivity index (χ2v) is 9.95. The predicted molar refractivity (Wildman–Crippen MR) is 132 cm³/mol. The fraction of sp³-hybridized carbons (Fsp3) is 0.333. The molecular formula is C24H29N5O4S. The van der Waals surface area contributed by atoms with Gasteiger partial charge in [-0.3, -0.25) is 9.71 Å². The van der Waals surface area contributed by atoms with Gasteiger partial charge in [0.05, 0.1) is 44.1 Å². The molecule has 0 unspecified atom stereocenters. The van der Waals surface area contributed by atoms with E-state index in [1.165, 1.54) is 18.9 Å². The molecule has 1 saturated heterocycles. The van der Waals surface area contributed by atoms with Gasteiger partial charge < -0.3 is 19.3 Å². The van der Waals surface area contributed by atoms with Crippen LogP contribution >= 0.6 is 0 Å². The normalized spacial score (nSPS) is 14.3. The van der Waals surface area contributed by atoms with Crippen molar-refractivity contribution in [3.8, 4) is 17.0 Å². The molecule has 1 N–H and O–H groups in total. The third kappa shape index (κ3) is 5.64. The third-order valence-corrected chi connectivity index (χ3v) is 6.82. The summed E-state index contributed by atoms with van der Waals surface area (Å²) in [5.41, 5.74) is 4.01. The summed E-state index contributed by atoms with van der Waals surface area (Å²) in [6, 6.07) is 11.5. The molecule has 0 atom stereocenters. The van der Waals surface area contributed by atoms with Crippen LogP contribution in [0, 0.1) is 0 Å². The van der Waals surface area contributed by atoms with Crippen molar-refractivity contribution in [3.05, 3.63) is 60.6 Å². The zero-order chi connectivity index (χ0) is 24.1. The van der Waals surface area contributed by atoms with Gasteiger partial charge in [-0.25, -0.2) is 13.4 Å². The summed E-state index contributed by atoms with van der Waals surface area (Å²) in [7, 11) is 1.47. The van der Waals surface area contributed by atoms with Crippen LogP contribution in [-0.4, -0.2) is 70.8 Å². The molecule has 0 spiro atoms. The van der Waals surface area contributed by atoms with Gasteiger partial charge in [0.25, 0.3) is 10.0 Å². The van der Waals surface area contributed by atoms with Crippen LogP contribution in [0.4, 0.5) is 11.4 Å². The molecule has 1 aliphatic heterocycles. The van der Waals surface area contributed by atoms with E-state index in [1.807, 2.05) is 31.1 Å². The van der Waals surface area contributed by atoms with Crippen molar-refractivity contribution in [2.75, 3.05) is 57.1 Å². The first-order valence-corrected chi connectivity index (χ1v) is 12.4. The molecule has 10 heteroatoms. The number of aromatic nitrogens is 2. The first kappa shape index (κ1) is 23.9. The van der Waals surface area contributed by atoms with Crippen LogP contribution in [0.3, 0.4) is 0 Å². The molecule has 3 heterocycles. The van der Waals surface area contributed by atoms with Crippen molar-refractivity contribution in [1.29, 1.82) is 0 Å². The predicted octanol–water partition coefficient (Wildman–Crippen LogP) is 2.85. The Morgan fingerprint density at radius 1 is 1.06 bits per heavy atom. The van der Waals surface area contributed by atoms with Gasteiger partial charge >= 0.3 is 0 Å². The van der Waals surface area contributed by atoms with E-state index in [2.05, 4.69) is 31.7 Å². The number of sulfonamides is 1. The number of hydrogen-bond acceptors (Lipinski definition) is 8. The fourth-order valence-electron chi connectivity index (χ4n) is 3.79. The molecule has 0 bridgehead atoms. The van der Waals surface area contributed by atoms with Crippen LogP contribution in [0.2, 0.25) is 0 Å². The van der Waals surface area contributed by atoms with E-state index in [9.17, 15) is 8.42 Å². The Labute approximate surface area is 200 Å². The van der Waals surface area contributed by atoms with Crippen molar-refractivity contribution in [2.24, 2.45) is 0 Å². The Bertz CT molecular complexity index is 1230. The lowest BCUT2D eigenvalue weighted by Gasteiger charge is -2.29. The van der Waals surface area contributed by atoms with Gasteiger partial charge in [-0.2, -0.15) is 0 Å². The number of methoxy groups -OCH3 is 1. The van der Waals surface area contributed by atoms with Gasteiger partial charge in [0.1, 0.15) is 0 Å². The van der Waals surface area contributed by atoms with Crippen LogP contribution in [0.15, 0.2) is 59.9 Å². The molecule has 1 fully saturated rings. The Kier molecular flexibility index (Phi) is 7.30. The van der Waals surface area contributed by atoms with Crippen LogP contribution in [0.5, 0.6) is 5.88 Å². The Hall–Kier alpha value is -3.21. The first-order chi connectivity index (χ1) is 16.4. The highest BCUT2D eigenvalue weighted by molar-refractivity contribution is 7.92. The molecule has 4 rings (SSSR count). The number of rotatable bonds is 8. The SMILES string of the molecule is COc1ncc(N2CCOCC2)cc1S(=O)(=O)Nc1cncc(-c2ccc(CN(C)C)cc2)c1. The summed E-state index contributed by atoms with van der Waals surface area (Å²) in [6.45, 7) is 3.35. The third-order valence-electron chi connectivity index (χ3n) is 5.44. The lowest BCUT2D eigenvalue weighted by atomic mass is 10.1. The molecule has 0 aliphatic carbocycles. The van der Waals surface area contributed by atoms with Gasteiger partial charge in [0, 0.05) is 31.4 Å². The molecular weight excluding hydrogens is 454 g/mol. The zero-order valence-electron chi connectivity index (χ0n) is 19.6. The minimum absolute atomic E-state index is 0.0302. The van der Waals surface area contributed by atoms with Gasteiger partial charge in [-0.05, 0) is 37.4 Å². The number of hydrogen-bond donors (Lipinski definition) is 1. The van der Waals surface area contributed by atoms with Crippen molar-refractivity contribution < 1.29 is 17.9 Å². The molecule has 34 heavy (non-hydrogen) atoms. The van der Waals surface area contributed by atoms with E-state index in [0.717, 1.165) is 17.7 Å². The number of pyridine rings is 2. The van der Waals surface area contributed by atoms with Crippen LogP contribution in [0.1, 0.15) is 5.56 Å². The molecule has 9 nitrogen and oxygen atoms in total. The van der Waals surface area contributed by atoms with Crippen LogP contribution in [-0.2, 0) is 21.3 Å². The van der Waals surface area contributed by atoms with Gasteiger partial charge in [-0.15, -0.1) is 0 Å². The summed E-state index contributed by atoms with van der Waals surface area (Å²) in [4.78, 5) is 12.6. The van der Waals surface area contributed by atoms with E-state index in [1.54, 1.807) is 24.5 Å². The average Bonchev–Trinajstić information content (AvgIpc) is 2.84. The van der Waals surface area contributed by atoms with Crippen molar-refractivity contribution in [1.82, 2.24) is 14.9 Å². The van der Waals surface area contributed by atoms with E-state index in [0.29, 0.717) is 37.7 Å². The maximum absolute atomic E-state index is 13.3. The second kappa shape index (κ2) is 10.4. The van der Waals surface area contributed by atoms with Gasteiger partial charge in [0.2, 0.25) is 5.88 Å². The van der Waals surface area contributed by atoms with Crippen molar-refractivity contribution in [3.63, 3.8) is 0 Å². The van der Waals surface area contributed by atoms with Crippen LogP contribution < -0.4 is 14.4 Å². The standard InChI is InChI=1S/C24H29N5O4S/c1-28(2)17-18-4-6-19(7-5-18)20-12-21(15-25-14-20)27-34(30,31)23-13-22(16-26-24(23)32-3)29-8-10-33-11-9-29/h4-7,12-16,27H,8-11,17H2,1-3H3. The minimum atomic E-state index is -3.98. The number of nitrogens with one attached hydrogen (secondary N) is 1. The Morgan fingerprint density at radius 3 is 2.47 bits per heavy atom. The van der Waals surface area contributed by atoms with Gasteiger partial charge in [0.15, 0.2) is 4.90 Å². The first-order valence-electron chi connectivity index (χ1n) is 10.9. The van der Waals surface area contributed by atoms with Crippen LogP contribution in [0.25, 0.3) is 11.1 Å². The highest BCUT2D eigenvalue weighted by Gasteiger charge is 2.24. The molecule has 0 radical (unpaired) electrons. The summed E-state index contributed by atoms with van der Waals surface area (Å²) in [5, 5.41) is 0. The molecule has 3 aromatic rings. The zero-order valence-corrected chi connectivity index (χ0v) is 20.4. The van der Waals surface area contributed by atoms with Crippen molar-refractivity contribution in [2.45, 2.75) is 11.4 Å². The molecule has 0 saturated carbocycles.